The van der Waals surface area contributed by atoms with E-state index in [4.69, 9.17) is 10.1 Å². The Labute approximate surface area is 188 Å². The third kappa shape index (κ3) is 3.97. The van der Waals surface area contributed by atoms with Crippen LogP contribution < -0.4 is 4.90 Å². The molecule has 3 aromatic carbocycles. The minimum absolute atomic E-state index is 0.747. The summed E-state index contributed by atoms with van der Waals surface area (Å²) in [7, 11) is 0. The van der Waals surface area contributed by atoms with Crippen LogP contribution in [-0.2, 0) is 13.1 Å². The maximum atomic E-state index is 4.70. The molecule has 0 unspecified atom stereocenters. The average Bonchev–Trinajstić information content (AvgIpc) is 3.24. The topological polar surface area (TPSA) is 46.8 Å². The van der Waals surface area contributed by atoms with Crippen molar-refractivity contribution in [2.45, 2.75) is 26.9 Å². The van der Waals surface area contributed by atoms with Gasteiger partial charge in [-0.15, -0.1) is 0 Å². The largest absolute Gasteiger partial charge is 0.347 e. The van der Waals surface area contributed by atoms with Crippen LogP contribution in [-0.4, -0.2) is 19.7 Å². The number of aryl methyl sites for hydroxylation is 2. The molecular formula is C27H25N5. The Hall–Kier alpha value is -3.99. The monoisotopic (exact) mass is 419 g/mol. The maximum absolute atomic E-state index is 4.70. The molecule has 0 aliphatic carbocycles. The molecule has 0 atom stereocenters. The fourth-order valence-electron chi connectivity index (χ4n) is 4.12. The molecule has 5 heteroatoms. The number of nitrogens with zero attached hydrogens (tertiary/aromatic N) is 5. The highest BCUT2D eigenvalue weighted by Gasteiger charge is 2.18. The van der Waals surface area contributed by atoms with Gasteiger partial charge in [-0.05, 0) is 36.6 Å². The van der Waals surface area contributed by atoms with Crippen LogP contribution in [0.2, 0.25) is 0 Å². The van der Waals surface area contributed by atoms with Gasteiger partial charge in [0.25, 0.3) is 0 Å². The first-order valence-corrected chi connectivity index (χ1v) is 10.8. The van der Waals surface area contributed by atoms with Crippen LogP contribution in [0, 0.1) is 13.8 Å². The summed E-state index contributed by atoms with van der Waals surface area (Å²) in [5.74, 6) is 0.888. The van der Waals surface area contributed by atoms with E-state index < -0.39 is 0 Å². The number of aromatic nitrogens is 4. The number of fused-ring (bicyclic) bond motifs is 1. The van der Waals surface area contributed by atoms with Crippen LogP contribution in [0.15, 0.2) is 91.4 Å². The molecule has 32 heavy (non-hydrogen) atoms. The average molecular weight is 420 g/mol. The lowest BCUT2D eigenvalue weighted by Gasteiger charge is -2.24. The summed E-state index contributed by atoms with van der Waals surface area (Å²) in [6, 6.07) is 27.3. The fraction of sp³-hybridized carbons (Fsp3) is 0.148. The van der Waals surface area contributed by atoms with Crippen LogP contribution in [0.5, 0.6) is 0 Å². The normalized spacial score (nSPS) is 11.1. The van der Waals surface area contributed by atoms with Gasteiger partial charge >= 0.3 is 0 Å². The minimum atomic E-state index is 0.747. The quantitative estimate of drug-likeness (QED) is 0.357. The Bertz CT molecular complexity index is 1300. The van der Waals surface area contributed by atoms with E-state index in [9.17, 15) is 0 Å². The molecule has 5 nitrogen and oxygen atoms in total. The van der Waals surface area contributed by atoms with E-state index >= 15 is 0 Å². The lowest BCUT2D eigenvalue weighted by atomic mass is 10.1. The molecule has 0 saturated carbocycles. The van der Waals surface area contributed by atoms with Crippen molar-refractivity contribution in [2.24, 2.45) is 0 Å². The van der Waals surface area contributed by atoms with Gasteiger partial charge in [-0.25, -0.2) is 14.6 Å². The van der Waals surface area contributed by atoms with Crippen molar-refractivity contribution in [1.82, 2.24) is 19.7 Å². The van der Waals surface area contributed by atoms with Crippen molar-refractivity contribution < 1.29 is 0 Å². The molecule has 5 aromatic rings. The van der Waals surface area contributed by atoms with Crippen LogP contribution in [0.1, 0.15) is 22.3 Å². The van der Waals surface area contributed by atoms with Gasteiger partial charge in [-0.1, -0.05) is 78.4 Å². The van der Waals surface area contributed by atoms with Gasteiger partial charge in [0, 0.05) is 13.1 Å². The fourth-order valence-corrected chi connectivity index (χ4v) is 4.12. The van der Waals surface area contributed by atoms with E-state index in [1.165, 1.54) is 22.3 Å². The van der Waals surface area contributed by atoms with E-state index in [2.05, 4.69) is 90.5 Å². The van der Waals surface area contributed by atoms with Gasteiger partial charge in [-0.3, -0.25) is 0 Å². The molecule has 0 fully saturated rings. The molecule has 0 aliphatic rings. The van der Waals surface area contributed by atoms with E-state index in [1.54, 1.807) is 6.33 Å². The Balaban J connectivity index is 1.60. The third-order valence-electron chi connectivity index (χ3n) is 5.66. The van der Waals surface area contributed by atoms with Gasteiger partial charge < -0.3 is 4.90 Å². The minimum Gasteiger partial charge on any atom is -0.347 e. The van der Waals surface area contributed by atoms with E-state index in [1.807, 2.05) is 23.0 Å². The zero-order valence-corrected chi connectivity index (χ0v) is 18.3. The first-order valence-electron chi connectivity index (χ1n) is 10.8. The van der Waals surface area contributed by atoms with Crippen molar-refractivity contribution in [2.75, 3.05) is 4.90 Å². The molecule has 2 aromatic heterocycles. The predicted octanol–water partition coefficient (Wildman–Crippen LogP) is 5.64. The molecule has 158 valence electrons. The second-order valence-electron chi connectivity index (χ2n) is 8.11. The second-order valence-corrected chi connectivity index (χ2v) is 8.11. The highest BCUT2D eigenvalue weighted by atomic mass is 15.3. The molecular weight excluding hydrogens is 394 g/mol. The van der Waals surface area contributed by atoms with Gasteiger partial charge in [0.15, 0.2) is 5.65 Å². The molecule has 0 radical (unpaired) electrons. The zero-order chi connectivity index (χ0) is 21.9. The summed E-state index contributed by atoms with van der Waals surface area (Å²) in [5, 5.41) is 5.64. The number of hydrogen-bond donors (Lipinski definition) is 0. The predicted molar refractivity (Wildman–Crippen MR) is 129 cm³/mol. The van der Waals surface area contributed by atoms with Gasteiger partial charge in [0.1, 0.15) is 12.1 Å². The van der Waals surface area contributed by atoms with Crippen molar-refractivity contribution in [1.29, 1.82) is 0 Å². The van der Waals surface area contributed by atoms with E-state index in [0.29, 0.717) is 0 Å². The second kappa shape index (κ2) is 8.63. The number of hydrogen-bond acceptors (Lipinski definition) is 4. The molecule has 0 amide bonds. The molecule has 2 heterocycles. The summed E-state index contributed by atoms with van der Waals surface area (Å²) < 4.78 is 1.92. The van der Waals surface area contributed by atoms with Crippen molar-refractivity contribution in [3.63, 3.8) is 0 Å². The zero-order valence-electron chi connectivity index (χ0n) is 18.3. The summed E-state index contributed by atoms with van der Waals surface area (Å²) in [5.41, 5.74) is 6.71. The van der Waals surface area contributed by atoms with Crippen molar-refractivity contribution in [3.8, 4) is 5.69 Å². The number of anilines is 1. The van der Waals surface area contributed by atoms with Crippen LogP contribution in [0.4, 0.5) is 5.82 Å². The van der Waals surface area contributed by atoms with Gasteiger partial charge in [0.05, 0.1) is 17.3 Å². The Kier molecular flexibility index (Phi) is 5.38. The lowest BCUT2D eigenvalue weighted by molar-refractivity contribution is 0.786. The summed E-state index contributed by atoms with van der Waals surface area (Å²) in [6.45, 7) is 5.70. The standard InChI is InChI=1S/C27H25N5/c1-20-13-14-25(21(2)15-20)32-27-24(16-30-32)26(28-19-29-27)31(17-22-9-5-3-6-10-22)18-23-11-7-4-8-12-23/h3-16,19H,17-18H2,1-2H3. The van der Waals surface area contributed by atoms with Crippen molar-refractivity contribution >= 4 is 16.9 Å². The molecule has 0 spiro atoms. The van der Waals surface area contributed by atoms with Crippen LogP contribution >= 0.6 is 0 Å². The van der Waals surface area contributed by atoms with E-state index in [0.717, 1.165) is 35.6 Å². The van der Waals surface area contributed by atoms with Gasteiger partial charge in [-0.2, -0.15) is 5.10 Å². The Morgan fingerprint density at radius 3 is 2.06 bits per heavy atom. The molecule has 0 aliphatic heterocycles. The Morgan fingerprint density at radius 2 is 1.44 bits per heavy atom. The highest BCUT2D eigenvalue weighted by molar-refractivity contribution is 5.87. The first-order chi connectivity index (χ1) is 15.7. The van der Waals surface area contributed by atoms with Crippen molar-refractivity contribution in [3.05, 3.63) is 114 Å². The lowest BCUT2D eigenvalue weighted by Crippen LogP contribution is -2.23. The molecule has 0 bridgehead atoms. The molecule has 5 rings (SSSR count). The summed E-state index contributed by atoms with van der Waals surface area (Å²) in [4.78, 5) is 11.6. The SMILES string of the molecule is Cc1ccc(-n2ncc3c(N(Cc4ccccc4)Cc4ccccc4)ncnc32)c(C)c1. The molecule has 0 saturated heterocycles. The first kappa shape index (κ1) is 19.9. The smallest absolute Gasteiger partial charge is 0.168 e. The summed E-state index contributed by atoms with van der Waals surface area (Å²) in [6.07, 6.45) is 3.52. The van der Waals surface area contributed by atoms with Gasteiger partial charge in [0.2, 0.25) is 0 Å². The number of rotatable bonds is 6. The Morgan fingerprint density at radius 1 is 0.781 bits per heavy atom. The maximum Gasteiger partial charge on any atom is 0.168 e. The van der Waals surface area contributed by atoms with Crippen LogP contribution in [0.25, 0.3) is 16.7 Å². The van der Waals surface area contributed by atoms with Crippen LogP contribution in [0.3, 0.4) is 0 Å². The number of benzene rings is 3. The third-order valence-corrected chi connectivity index (χ3v) is 5.66. The van der Waals surface area contributed by atoms with E-state index in [-0.39, 0.29) is 0 Å². The molecule has 0 N–H and O–H groups in total. The highest BCUT2D eigenvalue weighted by Crippen LogP contribution is 2.28. The summed E-state index contributed by atoms with van der Waals surface area (Å²) >= 11 is 0.